The van der Waals surface area contributed by atoms with Gasteiger partial charge < -0.3 is 10.2 Å². The highest BCUT2D eigenvalue weighted by Crippen LogP contribution is 2.22. The van der Waals surface area contributed by atoms with Crippen molar-refractivity contribution in [3.05, 3.63) is 51.7 Å². The van der Waals surface area contributed by atoms with E-state index in [9.17, 15) is 4.79 Å². The number of carbonyl (C=O) groups is 1. The molecule has 0 aliphatic carbocycles. The molecule has 0 aliphatic rings. The lowest BCUT2D eigenvalue weighted by atomic mass is 10.3. The zero-order valence-electron chi connectivity index (χ0n) is 9.89. The van der Waals surface area contributed by atoms with Gasteiger partial charge in [0.2, 0.25) is 0 Å². The van der Waals surface area contributed by atoms with Gasteiger partial charge in [-0.15, -0.1) is 11.3 Å². The summed E-state index contributed by atoms with van der Waals surface area (Å²) in [6.45, 7) is 0.552. The second-order valence-corrected chi connectivity index (χ2v) is 5.66. The van der Waals surface area contributed by atoms with Crippen LogP contribution in [0.5, 0.6) is 0 Å². The van der Waals surface area contributed by atoms with E-state index in [1.807, 2.05) is 42.5 Å². The van der Waals surface area contributed by atoms with Crippen molar-refractivity contribution in [1.82, 2.24) is 4.90 Å². The summed E-state index contributed by atoms with van der Waals surface area (Å²) in [5, 5.41) is 2.83. The van der Waals surface area contributed by atoms with Gasteiger partial charge in [0, 0.05) is 17.6 Å². The van der Waals surface area contributed by atoms with Gasteiger partial charge in [-0.2, -0.15) is 0 Å². The van der Waals surface area contributed by atoms with E-state index in [4.69, 9.17) is 11.6 Å². The number of benzene rings is 1. The third-order valence-corrected chi connectivity index (χ3v) is 3.61. The van der Waals surface area contributed by atoms with Crippen LogP contribution in [-0.2, 0) is 6.54 Å². The summed E-state index contributed by atoms with van der Waals surface area (Å²) in [5.41, 5.74) is 0.790. The molecule has 0 aliphatic heterocycles. The summed E-state index contributed by atoms with van der Waals surface area (Å²) >= 11 is 7.34. The maximum absolute atomic E-state index is 11.9. The predicted molar refractivity (Wildman–Crippen MR) is 76.3 cm³/mol. The van der Waals surface area contributed by atoms with Crippen LogP contribution in [0, 0.1) is 0 Å². The van der Waals surface area contributed by atoms with Crippen LogP contribution in [-0.4, -0.2) is 18.0 Å². The van der Waals surface area contributed by atoms with E-state index in [1.54, 1.807) is 11.9 Å². The minimum Gasteiger partial charge on any atom is -0.322 e. The Bertz CT molecular complexity index is 527. The molecule has 1 heterocycles. The van der Waals surface area contributed by atoms with Gasteiger partial charge in [-0.3, -0.25) is 0 Å². The highest BCUT2D eigenvalue weighted by Gasteiger charge is 2.10. The number of amides is 2. The maximum atomic E-state index is 11.9. The second kappa shape index (κ2) is 5.89. The van der Waals surface area contributed by atoms with Gasteiger partial charge in [0.25, 0.3) is 0 Å². The molecule has 1 aromatic heterocycles. The second-order valence-electron chi connectivity index (χ2n) is 3.86. The van der Waals surface area contributed by atoms with E-state index in [0.29, 0.717) is 6.54 Å². The molecular weight excluding hydrogens is 268 g/mol. The first-order valence-corrected chi connectivity index (χ1v) is 6.66. The molecule has 5 heteroatoms. The topological polar surface area (TPSA) is 32.3 Å². The van der Waals surface area contributed by atoms with Gasteiger partial charge in [0.15, 0.2) is 0 Å². The van der Waals surface area contributed by atoms with Crippen LogP contribution < -0.4 is 5.32 Å². The van der Waals surface area contributed by atoms with Gasteiger partial charge in [-0.05, 0) is 24.3 Å². The number of para-hydroxylation sites is 1. The van der Waals surface area contributed by atoms with Gasteiger partial charge >= 0.3 is 6.03 Å². The van der Waals surface area contributed by atoms with Gasteiger partial charge in [0.05, 0.1) is 10.9 Å². The Morgan fingerprint density at radius 1 is 1.28 bits per heavy atom. The van der Waals surface area contributed by atoms with Crippen molar-refractivity contribution in [2.24, 2.45) is 0 Å². The molecule has 0 atom stereocenters. The van der Waals surface area contributed by atoms with Crippen LogP contribution in [0.1, 0.15) is 4.88 Å². The summed E-state index contributed by atoms with van der Waals surface area (Å²) in [7, 11) is 1.76. The number of nitrogens with zero attached hydrogens (tertiary/aromatic N) is 1. The van der Waals surface area contributed by atoms with E-state index in [2.05, 4.69) is 5.32 Å². The lowest BCUT2D eigenvalue weighted by molar-refractivity contribution is 0.221. The SMILES string of the molecule is CN(Cc1ccc(Cl)s1)C(=O)Nc1ccccc1. The first-order valence-electron chi connectivity index (χ1n) is 5.46. The fourth-order valence-electron chi connectivity index (χ4n) is 1.48. The highest BCUT2D eigenvalue weighted by atomic mass is 35.5. The number of hydrogen-bond acceptors (Lipinski definition) is 2. The van der Waals surface area contributed by atoms with Crippen molar-refractivity contribution in [3.8, 4) is 0 Å². The average Bonchev–Trinajstić information content (AvgIpc) is 2.76. The Hall–Kier alpha value is -1.52. The number of carbonyl (C=O) groups excluding carboxylic acids is 1. The summed E-state index contributed by atoms with van der Waals surface area (Å²) in [6.07, 6.45) is 0. The lowest BCUT2D eigenvalue weighted by Crippen LogP contribution is -2.30. The molecule has 0 radical (unpaired) electrons. The molecule has 3 nitrogen and oxygen atoms in total. The molecule has 2 rings (SSSR count). The van der Waals surface area contributed by atoms with Crippen LogP contribution >= 0.6 is 22.9 Å². The van der Waals surface area contributed by atoms with Crippen LogP contribution in [0.2, 0.25) is 4.34 Å². The van der Waals surface area contributed by atoms with E-state index in [-0.39, 0.29) is 6.03 Å². The largest absolute Gasteiger partial charge is 0.322 e. The Kier molecular flexibility index (Phi) is 4.23. The minimum atomic E-state index is -0.134. The minimum absolute atomic E-state index is 0.134. The average molecular weight is 281 g/mol. The molecule has 94 valence electrons. The maximum Gasteiger partial charge on any atom is 0.321 e. The summed E-state index contributed by atoms with van der Waals surface area (Å²) in [4.78, 5) is 14.6. The summed E-state index contributed by atoms with van der Waals surface area (Å²) in [6, 6.07) is 13.0. The van der Waals surface area contributed by atoms with Crippen LogP contribution in [0.25, 0.3) is 0 Å². The number of thiophene rings is 1. The number of halogens is 1. The van der Waals surface area contributed by atoms with Crippen LogP contribution in [0.4, 0.5) is 10.5 Å². The molecule has 0 fully saturated rings. The molecule has 2 amide bonds. The van der Waals surface area contributed by atoms with Crippen molar-refractivity contribution < 1.29 is 4.79 Å². The highest BCUT2D eigenvalue weighted by molar-refractivity contribution is 7.16. The normalized spacial score (nSPS) is 10.1. The standard InChI is InChI=1S/C13H13ClN2OS/c1-16(9-11-7-8-12(14)18-11)13(17)15-10-5-3-2-4-6-10/h2-8H,9H2,1H3,(H,15,17). The van der Waals surface area contributed by atoms with Crippen molar-refractivity contribution in [2.45, 2.75) is 6.54 Å². The van der Waals surface area contributed by atoms with E-state index >= 15 is 0 Å². The Morgan fingerprint density at radius 2 is 2.00 bits per heavy atom. The number of rotatable bonds is 3. The lowest BCUT2D eigenvalue weighted by Gasteiger charge is -2.17. The number of anilines is 1. The molecule has 0 spiro atoms. The molecule has 0 unspecified atom stereocenters. The Labute approximate surface area is 115 Å². The van der Waals surface area contributed by atoms with E-state index in [0.717, 1.165) is 14.9 Å². The smallest absolute Gasteiger partial charge is 0.321 e. The molecule has 0 saturated carbocycles. The molecule has 0 bridgehead atoms. The fraction of sp³-hybridized carbons (Fsp3) is 0.154. The van der Waals surface area contributed by atoms with Crippen molar-refractivity contribution >= 4 is 34.7 Å². The van der Waals surface area contributed by atoms with Crippen molar-refractivity contribution in [3.63, 3.8) is 0 Å². The molecule has 1 N–H and O–H groups in total. The summed E-state index contributed by atoms with van der Waals surface area (Å²) < 4.78 is 0.738. The Morgan fingerprint density at radius 3 is 2.61 bits per heavy atom. The monoisotopic (exact) mass is 280 g/mol. The molecule has 0 saturated heterocycles. The van der Waals surface area contributed by atoms with Crippen molar-refractivity contribution in [2.75, 3.05) is 12.4 Å². The zero-order valence-corrected chi connectivity index (χ0v) is 11.5. The van der Waals surface area contributed by atoms with E-state index < -0.39 is 0 Å². The summed E-state index contributed by atoms with van der Waals surface area (Å²) in [5.74, 6) is 0. The van der Waals surface area contributed by atoms with Gasteiger partial charge in [-0.1, -0.05) is 29.8 Å². The van der Waals surface area contributed by atoms with Crippen LogP contribution in [0.3, 0.4) is 0 Å². The first-order chi connectivity index (χ1) is 8.65. The quantitative estimate of drug-likeness (QED) is 0.903. The third kappa shape index (κ3) is 3.48. The predicted octanol–water partition coefficient (Wildman–Crippen LogP) is 4.07. The molecule has 18 heavy (non-hydrogen) atoms. The third-order valence-electron chi connectivity index (χ3n) is 2.39. The first kappa shape index (κ1) is 12.9. The number of urea groups is 1. The Balaban J connectivity index is 1.93. The van der Waals surface area contributed by atoms with Gasteiger partial charge in [-0.25, -0.2) is 4.79 Å². The molecular formula is C13H13ClN2OS. The number of nitrogens with one attached hydrogen (secondary N) is 1. The molecule has 1 aromatic carbocycles. The van der Waals surface area contributed by atoms with Crippen LogP contribution in [0.15, 0.2) is 42.5 Å². The van der Waals surface area contributed by atoms with Gasteiger partial charge in [0.1, 0.15) is 0 Å². The fourth-order valence-corrected chi connectivity index (χ4v) is 2.62. The van der Waals surface area contributed by atoms with E-state index in [1.165, 1.54) is 11.3 Å². The molecule has 2 aromatic rings. The van der Waals surface area contributed by atoms with Crippen molar-refractivity contribution in [1.29, 1.82) is 0 Å². The zero-order chi connectivity index (χ0) is 13.0. The number of hydrogen-bond donors (Lipinski definition) is 1.